The Morgan fingerprint density at radius 3 is 2.62 bits per heavy atom. The number of aliphatic hydroxyl groups is 1. The molecule has 6 nitrogen and oxygen atoms in total. The lowest BCUT2D eigenvalue weighted by Crippen LogP contribution is -2.08. The van der Waals surface area contributed by atoms with Gasteiger partial charge < -0.3 is 14.9 Å². The van der Waals surface area contributed by atoms with E-state index in [9.17, 15) is 9.90 Å². The number of ether oxygens (including phenoxy) is 1. The highest BCUT2D eigenvalue weighted by molar-refractivity contribution is 5.90. The maximum absolute atomic E-state index is 11.2. The zero-order chi connectivity index (χ0) is 15.1. The third-order valence-electron chi connectivity index (χ3n) is 3.00. The quantitative estimate of drug-likeness (QED) is 0.727. The van der Waals surface area contributed by atoms with Gasteiger partial charge in [-0.05, 0) is 31.4 Å². The molecule has 2 N–H and O–H groups in total. The molecule has 0 aliphatic carbocycles. The Morgan fingerprint density at radius 1 is 1.19 bits per heavy atom. The van der Waals surface area contributed by atoms with Gasteiger partial charge in [-0.3, -0.25) is 0 Å². The standard InChI is InChI=1S/C15H18N2O4/c18-9-5-2-6-10-21-14-13(15(19)20)11-16-17(14)12-7-3-1-4-8-12/h1,3-4,7-8,11,18H,2,5-6,9-10H2,(H,19,20). The average molecular weight is 290 g/mol. The first kappa shape index (κ1) is 15.1. The first-order chi connectivity index (χ1) is 10.2. The van der Waals surface area contributed by atoms with E-state index in [0.717, 1.165) is 18.5 Å². The topological polar surface area (TPSA) is 84.6 Å². The summed E-state index contributed by atoms with van der Waals surface area (Å²) in [4.78, 5) is 11.2. The third kappa shape index (κ3) is 3.82. The fourth-order valence-corrected chi connectivity index (χ4v) is 1.94. The molecule has 0 fully saturated rings. The molecule has 2 aromatic rings. The maximum Gasteiger partial charge on any atom is 0.342 e. The van der Waals surface area contributed by atoms with Gasteiger partial charge in [0.1, 0.15) is 5.56 Å². The van der Waals surface area contributed by atoms with Gasteiger partial charge in [-0.2, -0.15) is 5.10 Å². The lowest BCUT2D eigenvalue weighted by molar-refractivity contribution is 0.0692. The maximum atomic E-state index is 11.2. The predicted molar refractivity (Wildman–Crippen MR) is 77.0 cm³/mol. The second kappa shape index (κ2) is 7.44. The molecule has 0 bridgehead atoms. The van der Waals surface area contributed by atoms with Crippen LogP contribution in [-0.2, 0) is 0 Å². The lowest BCUT2D eigenvalue weighted by atomic mass is 10.2. The molecule has 0 aliphatic heterocycles. The Bertz CT molecular complexity index is 581. The summed E-state index contributed by atoms with van der Waals surface area (Å²) in [5.74, 6) is -0.833. The summed E-state index contributed by atoms with van der Waals surface area (Å²) < 4.78 is 7.09. The van der Waals surface area contributed by atoms with Crippen LogP contribution >= 0.6 is 0 Å². The number of aromatic nitrogens is 2. The molecule has 0 radical (unpaired) electrons. The van der Waals surface area contributed by atoms with Gasteiger partial charge in [-0.25, -0.2) is 9.48 Å². The van der Waals surface area contributed by atoms with Crippen molar-refractivity contribution in [1.29, 1.82) is 0 Å². The van der Waals surface area contributed by atoms with E-state index in [2.05, 4.69) is 5.10 Å². The summed E-state index contributed by atoms with van der Waals surface area (Å²) in [5.41, 5.74) is 0.788. The smallest absolute Gasteiger partial charge is 0.342 e. The van der Waals surface area contributed by atoms with Gasteiger partial charge in [-0.15, -0.1) is 0 Å². The molecule has 1 aromatic heterocycles. The molecule has 0 saturated carbocycles. The fraction of sp³-hybridized carbons (Fsp3) is 0.333. The second-order valence-electron chi connectivity index (χ2n) is 4.55. The van der Waals surface area contributed by atoms with E-state index >= 15 is 0 Å². The van der Waals surface area contributed by atoms with Crippen molar-refractivity contribution in [3.8, 4) is 11.6 Å². The van der Waals surface area contributed by atoms with E-state index in [1.807, 2.05) is 30.3 Å². The molecule has 0 unspecified atom stereocenters. The van der Waals surface area contributed by atoms with Crippen molar-refractivity contribution in [2.24, 2.45) is 0 Å². The summed E-state index contributed by atoms with van der Waals surface area (Å²) in [5, 5.41) is 22.0. The zero-order valence-corrected chi connectivity index (χ0v) is 11.6. The van der Waals surface area contributed by atoms with Crippen LogP contribution in [0.25, 0.3) is 5.69 Å². The number of benzene rings is 1. The molecule has 0 amide bonds. The van der Waals surface area contributed by atoms with E-state index in [1.54, 1.807) is 0 Å². The van der Waals surface area contributed by atoms with Gasteiger partial charge in [0.2, 0.25) is 5.88 Å². The van der Waals surface area contributed by atoms with Crippen LogP contribution < -0.4 is 4.74 Å². The van der Waals surface area contributed by atoms with Crippen molar-refractivity contribution >= 4 is 5.97 Å². The molecule has 2 rings (SSSR count). The van der Waals surface area contributed by atoms with E-state index in [-0.39, 0.29) is 18.1 Å². The SMILES string of the molecule is O=C(O)c1cnn(-c2ccccc2)c1OCCCCCO. The summed E-state index contributed by atoms with van der Waals surface area (Å²) in [6.07, 6.45) is 3.59. The number of carboxylic acids is 1. The Labute approximate surface area is 122 Å². The summed E-state index contributed by atoms with van der Waals surface area (Å²) in [6.45, 7) is 0.543. The number of carboxylic acid groups (broad SMARTS) is 1. The second-order valence-corrected chi connectivity index (χ2v) is 4.55. The van der Waals surface area contributed by atoms with Crippen LogP contribution in [0.4, 0.5) is 0 Å². The van der Waals surface area contributed by atoms with E-state index in [1.165, 1.54) is 10.9 Å². The molecule has 0 spiro atoms. The zero-order valence-electron chi connectivity index (χ0n) is 11.6. The number of carbonyl (C=O) groups is 1. The Morgan fingerprint density at radius 2 is 1.95 bits per heavy atom. The molecular weight excluding hydrogens is 272 g/mol. The monoisotopic (exact) mass is 290 g/mol. The minimum Gasteiger partial charge on any atom is -0.477 e. The summed E-state index contributed by atoms with van der Waals surface area (Å²) in [7, 11) is 0. The number of hydrogen-bond donors (Lipinski definition) is 2. The average Bonchev–Trinajstić information content (AvgIpc) is 2.92. The number of rotatable bonds is 8. The number of para-hydroxylation sites is 1. The van der Waals surface area contributed by atoms with Crippen molar-refractivity contribution in [3.05, 3.63) is 42.1 Å². The Hall–Kier alpha value is -2.34. The van der Waals surface area contributed by atoms with Crippen molar-refractivity contribution in [2.45, 2.75) is 19.3 Å². The normalized spacial score (nSPS) is 10.5. The summed E-state index contributed by atoms with van der Waals surface area (Å²) >= 11 is 0. The van der Waals surface area contributed by atoms with Crippen molar-refractivity contribution in [2.75, 3.05) is 13.2 Å². The minimum absolute atomic E-state index is 0.0426. The number of aromatic carboxylic acids is 1. The van der Waals surface area contributed by atoms with Gasteiger partial charge >= 0.3 is 5.97 Å². The molecule has 1 aromatic carbocycles. The number of hydrogen-bond acceptors (Lipinski definition) is 4. The van der Waals surface area contributed by atoms with Gasteiger partial charge in [0, 0.05) is 6.61 Å². The molecule has 6 heteroatoms. The molecule has 0 saturated heterocycles. The number of aliphatic hydroxyl groups excluding tert-OH is 1. The summed E-state index contributed by atoms with van der Waals surface area (Å²) in [6, 6.07) is 9.24. The van der Waals surface area contributed by atoms with Crippen molar-refractivity contribution in [3.63, 3.8) is 0 Å². The fourth-order valence-electron chi connectivity index (χ4n) is 1.94. The van der Waals surface area contributed by atoms with Crippen molar-refractivity contribution in [1.82, 2.24) is 9.78 Å². The molecular formula is C15H18N2O4. The molecule has 0 aliphatic rings. The van der Waals surface area contributed by atoms with Gasteiger partial charge in [0.25, 0.3) is 0 Å². The van der Waals surface area contributed by atoms with Crippen LogP contribution in [0.5, 0.6) is 5.88 Å². The van der Waals surface area contributed by atoms with E-state index in [4.69, 9.17) is 9.84 Å². The number of nitrogens with zero attached hydrogens (tertiary/aromatic N) is 2. The first-order valence-corrected chi connectivity index (χ1v) is 6.84. The third-order valence-corrected chi connectivity index (χ3v) is 3.00. The minimum atomic E-state index is -1.07. The molecule has 112 valence electrons. The molecule has 1 heterocycles. The Kier molecular flexibility index (Phi) is 5.34. The van der Waals surface area contributed by atoms with Crippen LogP contribution in [0.15, 0.2) is 36.5 Å². The van der Waals surface area contributed by atoms with E-state index in [0.29, 0.717) is 13.0 Å². The van der Waals surface area contributed by atoms with Crippen LogP contribution in [0, 0.1) is 0 Å². The van der Waals surface area contributed by atoms with E-state index < -0.39 is 5.97 Å². The first-order valence-electron chi connectivity index (χ1n) is 6.84. The highest BCUT2D eigenvalue weighted by Crippen LogP contribution is 2.23. The van der Waals surface area contributed by atoms with Gasteiger partial charge in [-0.1, -0.05) is 18.2 Å². The lowest BCUT2D eigenvalue weighted by Gasteiger charge is -2.10. The molecule has 21 heavy (non-hydrogen) atoms. The van der Waals surface area contributed by atoms with Crippen molar-refractivity contribution < 1.29 is 19.7 Å². The highest BCUT2D eigenvalue weighted by Gasteiger charge is 2.19. The molecule has 0 atom stereocenters. The predicted octanol–water partition coefficient (Wildman–Crippen LogP) is 2.11. The largest absolute Gasteiger partial charge is 0.477 e. The van der Waals surface area contributed by atoms with Gasteiger partial charge in [0.05, 0.1) is 18.5 Å². The van der Waals surface area contributed by atoms with Crippen LogP contribution in [0.1, 0.15) is 29.6 Å². The van der Waals surface area contributed by atoms with Crippen LogP contribution in [0.2, 0.25) is 0 Å². The van der Waals surface area contributed by atoms with Crippen LogP contribution in [0.3, 0.4) is 0 Å². The highest BCUT2D eigenvalue weighted by atomic mass is 16.5. The van der Waals surface area contributed by atoms with Gasteiger partial charge in [0.15, 0.2) is 0 Å². The number of unbranched alkanes of at least 4 members (excludes halogenated alkanes) is 2. The van der Waals surface area contributed by atoms with Crippen LogP contribution in [-0.4, -0.2) is 39.2 Å². The Balaban J connectivity index is 2.16.